The van der Waals surface area contributed by atoms with Gasteiger partial charge in [-0.05, 0) is 23.2 Å². The zero-order chi connectivity index (χ0) is 33.5. The molecule has 0 saturated heterocycles. The fourth-order valence-corrected chi connectivity index (χ4v) is 3.35. The highest BCUT2D eigenvalue weighted by molar-refractivity contribution is 6.33. The van der Waals surface area contributed by atoms with E-state index in [1.165, 1.54) is 31.3 Å². The highest BCUT2D eigenvalue weighted by Gasteiger charge is 2.18. The van der Waals surface area contributed by atoms with Crippen LogP contribution in [-0.4, -0.2) is 75.5 Å². The number of nitrogens with one attached hydrogen (secondary N) is 1. The molecule has 0 bridgehead atoms. The molecule has 0 amide bonds. The molecular formula is C22H23Cl3N12O8. The van der Waals surface area contributed by atoms with Gasteiger partial charge >= 0.3 is 23.3 Å². The summed E-state index contributed by atoms with van der Waals surface area (Å²) in [5.74, 6) is -0.648. The van der Waals surface area contributed by atoms with E-state index in [-0.39, 0.29) is 51.3 Å². The zero-order valence-corrected chi connectivity index (χ0v) is 25.5. The first kappa shape index (κ1) is 36.0. The zero-order valence-electron chi connectivity index (χ0n) is 23.2. The number of hydrogen-bond acceptors (Lipinski definition) is 16. The third-order valence-electron chi connectivity index (χ3n) is 4.92. The first-order chi connectivity index (χ1) is 21.3. The third kappa shape index (κ3) is 12.5. The Morgan fingerprint density at radius 1 is 0.844 bits per heavy atom. The summed E-state index contributed by atoms with van der Waals surface area (Å²) in [5.41, 5.74) is 5.81. The summed E-state index contributed by atoms with van der Waals surface area (Å²) in [4.78, 5) is 55.6. The lowest BCUT2D eigenvalue weighted by Crippen LogP contribution is -2.07. The van der Waals surface area contributed by atoms with Gasteiger partial charge in [0.2, 0.25) is 21.5 Å². The van der Waals surface area contributed by atoms with Crippen LogP contribution in [0.3, 0.4) is 0 Å². The number of nitrogens with zero attached hydrogens (tertiary/aromatic N) is 10. The molecule has 45 heavy (non-hydrogen) atoms. The number of rotatable bonds is 10. The van der Waals surface area contributed by atoms with E-state index in [1.807, 2.05) is 0 Å². The number of hydrogen-bond donors (Lipinski definition) is 2. The molecule has 4 aromatic rings. The van der Waals surface area contributed by atoms with Gasteiger partial charge in [-0.25, -0.2) is 9.97 Å². The molecule has 0 radical (unpaired) electrons. The maximum Gasteiger partial charge on any atom is 0.329 e. The molecule has 4 rings (SSSR count). The third-order valence-corrected chi connectivity index (χ3v) is 5.57. The Kier molecular flexibility index (Phi) is 14.2. The van der Waals surface area contributed by atoms with Gasteiger partial charge in [-0.3, -0.25) is 39.2 Å². The molecule has 4 aromatic heterocycles. The summed E-state index contributed by atoms with van der Waals surface area (Å²) < 4.78 is 12.1. The number of nitrogen functional groups attached to an aromatic ring is 1. The quantitative estimate of drug-likeness (QED) is 0.0795. The number of nitro groups is 2. The van der Waals surface area contributed by atoms with Crippen molar-refractivity contribution >= 4 is 75.3 Å². The fourth-order valence-electron chi connectivity index (χ4n) is 2.84. The van der Waals surface area contributed by atoms with Crippen LogP contribution in [0.4, 0.5) is 28.6 Å². The van der Waals surface area contributed by atoms with Gasteiger partial charge < -0.3 is 20.5 Å². The van der Waals surface area contributed by atoms with Crippen LogP contribution in [0.15, 0.2) is 37.2 Å². The Morgan fingerprint density at radius 2 is 1.36 bits per heavy atom. The lowest BCUT2D eigenvalue weighted by Gasteiger charge is -2.03. The predicted octanol–water partition coefficient (Wildman–Crippen LogP) is 3.26. The van der Waals surface area contributed by atoms with Gasteiger partial charge in [-0.2, -0.15) is 20.2 Å². The van der Waals surface area contributed by atoms with Crippen molar-refractivity contribution in [3.05, 3.63) is 73.1 Å². The number of methoxy groups -OCH3 is 2. The molecule has 0 aromatic carbocycles. The Labute approximate surface area is 267 Å². The van der Waals surface area contributed by atoms with Gasteiger partial charge in [0, 0.05) is 12.4 Å². The van der Waals surface area contributed by atoms with Crippen molar-refractivity contribution in [3.8, 4) is 0 Å². The maximum atomic E-state index is 11.1. The van der Waals surface area contributed by atoms with Crippen molar-refractivity contribution in [3.63, 3.8) is 0 Å². The molecule has 4 heterocycles. The van der Waals surface area contributed by atoms with Crippen LogP contribution in [0, 0.1) is 20.2 Å². The molecule has 0 aliphatic heterocycles. The number of carbonyl (C=O) groups excluding carboxylic acids is 2. The van der Waals surface area contributed by atoms with Gasteiger partial charge in [0.15, 0.2) is 0 Å². The second kappa shape index (κ2) is 17.8. The van der Waals surface area contributed by atoms with Crippen molar-refractivity contribution in [1.29, 1.82) is 0 Å². The first-order valence-corrected chi connectivity index (χ1v) is 13.2. The molecule has 0 aliphatic rings. The van der Waals surface area contributed by atoms with E-state index in [0.29, 0.717) is 30.9 Å². The van der Waals surface area contributed by atoms with Gasteiger partial charge in [0.1, 0.15) is 12.4 Å². The van der Waals surface area contributed by atoms with Crippen molar-refractivity contribution in [2.75, 3.05) is 25.3 Å². The fraction of sp³-hybridized carbons (Fsp3) is 0.273. The average molecular weight is 690 g/mol. The van der Waals surface area contributed by atoms with Crippen molar-refractivity contribution < 1.29 is 28.9 Å². The van der Waals surface area contributed by atoms with Crippen LogP contribution in [0.5, 0.6) is 0 Å². The lowest BCUT2D eigenvalue weighted by molar-refractivity contribution is -0.385. The second-order valence-corrected chi connectivity index (χ2v) is 9.04. The van der Waals surface area contributed by atoms with E-state index in [2.05, 4.69) is 44.9 Å². The molecule has 20 nitrogen and oxygen atoms in total. The Bertz CT molecular complexity index is 1630. The largest absolute Gasteiger partial charge is 0.469 e. The standard InChI is InChI=1S/C11H11ClN6O4.C7H11N3O2.C4HCl2N3O2/c1-22-9(19)2-3-17-6-7(4-14-17)15-10-8(18(20)21)5-13-11(12)16-10;1-12-7(11)2-3-10-5-6(8)4-9-10;5-3-2(9(10)11)1-7-4(6)8-3/h4-6H,2-3H2,1H3,(H,13,15,16);4-5H,2-3,8H2,1H3;1H. The van der Waals surface area contributed by atoms with Crippen molar-refractivity contribution in [2.45, 2.75) is 25.9 Å². The highest BCUT2D eigenvalue weighted by atomic mass is 35.5. The lowest BCUT2D eigenvalue weighted by atomic mass is 10.4. The van der Waals surface area contributed by atoms with Crippen LogP contribution in [0.2, 0.25) is 15.7 Å². The number of anilines is 3. The molecule has 0 aliphatic carbocycles. The van der Waals surface area contributed by atoms with Crippen LogP contribution in [0.25, 0.3) is 0 Å². The first-order valence-electron chi connectivity index (χ1n) is 12.0. The van der Waals surface area contributed by atoms with E-state index in [0.717, 1.165) is 12.4 Å². The van der Waals surface area contributed by atoms with Crippen molar-refractivity contribution in [2.24, 2.45) is 0 Å². The average Bonchev–Trinajstić information content (AvgIpc) is 3.63. The summed E-state index contributed by atoms with van der Waals surface area (Å²) in [6.07, 6.45) is 8.67. The maximum absolute atomic E-state index is 11.1. The summed E-state index contributed by atoms with van der Waals surface area (Å²) in [7, 11) is 2.66. The summed E-state index contributed by atoms with van der Waals surface area (Å²) in [6, 6.07) is 0. The smallest absolute Gasteiger partial charge is 0.329 e. The second-order valence-electron chi connectivity index (χ2n) is 8.01. The Morgan fingerprint density at radius 3 is 1.84 bits per heavy atom. The molecular weight excluding hydrogens is 667 g/mol. The normalized spacial score (nSPS) is 9.98. The molecule has 240 valence electrons. The number of aryl methyl sites for hydroxylation is 2. The van der Waals surface area contributed by atoms with E-state index in [1.54, 1.807) is 17.1 Å². The van der Waals surface area contributed by atoms with Crippen molar-refractivity contribution in [1.82, 2.24) is 39.5 Å². The summed E-state index contributed by atoms with van der Waals surface area (Å²) in [6.45, 7) is 0.824. The van der Waals surface area contributed by atoms with Crippen LogP contribution >= 0.6 is 34.8 Å². The predicted molar refractivity (Wildman–Crippen MR) is 158 cm³/mol. The monoisotopic (exact) mass is 688 g/mol. The van der Waals surface area contributed by atoms with Crippen LogP contribution < -0.4 is 11.1 Å². The van der Waals surface area contributed by atoms with E-state index in [9.17, 15) is 29.8 Å². The molecule has 3 N–H and O–H groups in total. The summed E-state index contributed by atoms with van der Waals surface area (Å²) in [5, 5.41) is 31.2. The van der Waals surface area contributed by atoms with Gasteiger partial charge in [0.25, 0.3) is 0 Å². The summed E-state index contributed by atoms with van der Waals surface area (Å²) >= 11 is 16.3. The molecule has 0 saturated carbocycles. The topological polar surface area (TPSA) is 264 Å². The number of halogens is 3. The van der Waals surface area contributed by atoms with E-state index in [4.69, 9.17) is 40.5 Å². The van der Waals surface area contributed by atoms with Gasteiger partial charge in [0.05, 0.1) is 73.8 Å². The minimum Gasteiger partial charge on any atom is -0.469 e. The minimum atomic E-state index is -0.682. The SMILES string of the molecule is COC(=O)CCn1cc(N)cn1.COC(=O)CCn1cc(Nc2nc(Cl)ncc2[N+](=O)[O-])cn1.O=[N+]([O-])c1cnc(Cl)nc1Cl. The van der Waals surface area contributed by atoms with Crippen LogP contribution in [0.1, 0.15) is 12.8 Å². The number of ether oxygens (including phenoxy) is 2. The molecule has 0 atom stereocenters. The van der Waals surface area contributed by atoms with Crippen LogP contribution in [-0.2, 0) is 32.2 Å². The highest BCUT2D eigenvalue weighted by Crippen LogP contribution is 2.25. The number of carbonyl (C=O) groups is 2. The van der Waals surface area contributed by atoms with Gasteiger partial charge in [-0.15, -0.1) is 0 Å². The molecule has 0 fully saturated rings. The van der Waals surface area contributed by atoms with E-state index >= 15 is 0 Å². The molecule has 0 spiro atoms. The number of esters is 2. The number of aromatic nitrogens is 8. The molecule has 0 unspecified atom stereocenters. The Hall–Kier alpha value is -5.21. The molecule has 23 heteroatoms. The minimum absolute atomic E-state index is 0.0440. The number of nitrogens with two attached hydrogens (primary N) is 1. The van der Waals surface area contributed by atoms with Gasteiger partial charge in [-0.1, -0.05) is 11.6 Å². The Balaban J connectivity index is 0.000000259. The van der Waals surface area contributed by atoms with E-state index < -0.39 is 9.85 Å².